The fraction of sp³-hybridized carbons (Fsp3) is 0.833. The quantitative estimate of drug-likeness (QED) is 0.407. The van der Waals surface area contributed by atoms with Crippen molar-refractivity contribution >= 4 is 21.2 Å². The number of hydrogen-bond donors (Lipinski definition) is 0. The fourth-order valence-electron chi connectivity index (χ4n) is 0.992. The summed E-state index contributed by atoms with van der Waals surface area (Å²) in [5, 5.41) is 0. The standard InChI is InChI=1S/C9H15O2.3CH3.Pb/c1-6-7-10-8(2)11-9(3,4)5;;;;/h8H,7H2,2-5H3;3*1H3;. The molecule has 0 N–H and O–H groups in total. The van der Waals surface area contributed by atoms with Crippen LogP contribution in [0.15, 0.2) is 0 Å². The molecule has 0 aromatic carbocycles. The van der Waals surface area contributed by atoms with Crippen molar-refractivity contribution in [2.24, 2.45) is 0 Å². The number of hydrogen-bond acceptors (Lipinski definition) is 2. The van der Waals surface area contributed by atoms with Crippen LogP contribution in [0.4, 0.5) is 0 Å². The Balaban J connectivity index is 3.82. The molecule has 0 aliphatic carbocycles. The van der Waals surface area contributed by atoms with Crippen molar-refractivity contribution in [1.29, 1.82) is 0 Å². The summed E-state index contributed by atoms with van der Waals surface area (Å²) in [5.41, 5.74) is -0.156. The van der Waals surface area contributed by atoms with Crippen molar-refractivity contribution in [3.8, 4) is 9.40 Å². The van der Waals surface area contributed by atoms with E-state index in [1.54, 1.807) is 0 Å². The molecular formula is C12H24O2Pb. The van der Waals surface area contributed by atoms with Crippen molar-refractivity contribution in [3.63, 3.8) is 0 Å². The Bertz CT molecular complexity index is 237. The summed E-state index contributed by atoms with van der Waals surface area (Å²) in [6.07, 6.45) is -0.184. The molecule has 0 saturated heterocycles. The van der Waals surface area contributed by atoms with E-state index in [1.165, 1.54) is 0 Å². The third kappa shape index (κ3) is 12.3. The summed E-state index contributed by atoms with van der Waals surface area (Å²) in [5.74, 6) is 3.09. The Morgan fingerprint density at radius 3 is 2.13 bits per heavy atom. The molecule has 0 saturated carbocycles. The fourth-order valence-corrected chi connectivity index (χ4v) is 3.33. The third-order valence-corrected chi connectivity index (χ3v) is 4.98. The molecule has 0 aliphatic heterocycles. The molecule has 0 heterocycles. The zero-order valence-electron chi connectivity index (χ0n) is 11.1. The molecule has 3 heteroatoms. The van der Waals surface area contributed by atoms with E-state index in [-0.39, 0.29) is 11.9 Å². The van der Waals surface area contributed by atoms with E-state index in [9.17, 15) is 0 Å². The zero-order valence-corrected chi connectivity index (χ0v) is 15.0. The molecule has 0 aliphatic rings. The molecule has 0 bridgehead atoms. The predicted molar refractivity (Wildman–Crippen MR) is 67.4 cm³/mol. The predicted octanol–water partition coefficient (Wildman–Crippen LogP) is 3.04. The van der Waals surface area contributed by atoms with Gasteiger partial charge in [0.25, 0.3) is 0 Å². The first-order valence-corrected chi connectivity index (χ1v) is 19.0. The van der Waals surface area contributed by atoms with E-state index < -0.39 is 21.2 Å². The number of ether oxygens (including phenoxy) is 2. The molecule has 0 amide bonds. The Hall–Kier alpha value is 0.402. The minimum absolute atomic E-state index is 0.156. The summed E-state index contributed by atoms with van der Waals surface area (Å²) < 4.78 is 21.3. The molecule has 1 unspecified atom stereocenters. The maximum atomic E-state index is 5.60. The Morgan fingerprint density at radius 1 is 1.20 bits per heavy atom. The molecule has 0 spiro atoms. The summed E-state index contributed by atoms with van der Waals surface area (Å²) in [4.78, 5) is 0. The van der Waals surface area contributed by atoms with Gasteiger partial charge >= 0.3 is 99.7 Å². The summed E-state index contributed by atoms with van der Waals surface area (Å²) in [6, 6.07) is 0. The summed E-state index contributed by atoms with van der Waals surface area (Å²) in [6.45, 7) is 8.45. The van der Waals surface area contributed by atoms with E-state index in [0.717, 1.165) is 0 Å². The van der Waals surface area contributed by atoms with Crippen LogP contribution in [0.5, 0.6) is 0 Å². The minimum atomic E-state index is -2.04. The second kappa shape index (κ2) is 6.21. The normalized spacial score (nSPS) is 14.3. The van der Waals surface area contributed by atoms with Gasteiger partial charge in [0.15, 0.2) is 0 Å². The van der Waals surface area contributed by atoms with E-state index >= 15 is 0 Å². The van der Waals surface area contributed by atoms with E-state index in [0.29, 0.717) is 6.61 Å². The van der Waals surface area contributed by atoms with Gasteiger partial charge in [-0.1, -0.05) is 0 Å². The average molecular weight is 408 g/mol. The third-order valence-electron chi connectivity index (χ3n) is 1.37. The molecule has 0 rings (SSSR count). The van der Waals surface area contributed by atoms with Crippen LogP contribution in [0.25, 0.3) is 0 Å². The van der Waals surface area contributed by atoms with Crippen molar-refractivity contribution < 1.29 is 9.47 Å². The molecular weight excluding hydrogens is 383 g/mol. The zero-order chi connectivity index (χ0) is 12.1. The van der Waals surface area contributed by atoms with Crippen LogP contribution >= 0.6 is 0 Å². The van der Waals surface area contributed by atoms with Gasteiger partial charge in [-0.2, -0.15) is 0 Å². The van der Waals surface area contributed by atoms with Crippen molar-refractivity contribution in [2.75, 3.05) is 6.61 Å². The molecule has 0 aromatic rings. The SMILES string of the molecule is CC(OCC#[C][Pb]([CH3])([CH3])[CH3])OC(C)(C)C. The summed E-state index contributed by atoms with van der Waals surface area (Å²) in [7, 11) is 0. The monoisotopic (exact) mass is 408 g/mol. The van der Waals surface area contributed by atoms with Gasteiger partial charge in [-0.15, -0.1) is 0 Å². The van der Waals surface area contributed by atoms with E-state index in [2.05, 4.69) is 22.8 Å². The van der Waals surface area contributed by atoms with Gasteiger partial charge in [-0.3, -0.25) is 0 Å². The van der Waals surface area contributed by atoms with Gasteiger partial charge < -0.3 is 0 Å². The van der Waals surface area contributed by atoms with Crippen LogP contribution in [0.1, 0.15) is 27.7 Å². The second-order valence-corrected chi connectivity index (χ2v) is 24.1. The second-order valence-electron chi connectivity index (χ2n) is 5.66. The first-order chi connectivity index (χ1) is 6.60. The van der Waals surface area contributed by atoms with E-state index in [1.807, 2.05) is 27.7 Å². The Morgan fingerprint density at radius 2 is 1.73 bits per heavy atom. The van der Waals surface area contributed by atoms with Gasteiger partial charge in [0, 0.05) is 0 Å². The van der Waals surface area contributed by atoms with E-state index in [4.69, 9.17) is 9.47 Å². The molecule has 0 fully saturated rings. The Labute approximate surface area is 99.4 Å². The molecule has 15 heavy (non-hydrogen) atoms. The van der Waals surface area contributed by atoms with Crippen molar-refractivity contribution in [3.05, 3.63) is 0 Å². The van der Waals surface area contributed by atoms with Crippen LogP contribution in [0, 0.1) is 9.40 Å². The van der Waals surface area contributed by atoms with Gasteiger partial charge in [-0.05, 0) is 0 Å². The first-order valence-electron chi connectivity index (χ1n) is 5.40. The van der Waals surface area contributed by atoms with Crippen molar-refractivity contribution in [1.82, 2.24) is 0 Å². The van der Waals surface area contributed by atoms with Crippen LogP contribution in [0.2, 0.25) is 13.4 Å². The topological polar surface area (TPSA) is 18.5 Å². The van der Waals surface area contributed by atoms with Crippen LogP contribution < -0.4 is 0 Å². The summed E-state index contributed by atoms with van der Waals surface area (Å²) >= 11 is -2.04. The maximum absolute atomic E-state index is 5.60. The van der Waals surface area contributed by atoms with Gasteiger partial charge in [0.05, 0.1) is 0 Å². The number of rotatable bonds is 3. The average Bonchev–Trinajstić information content (AvgIpc) is 1.92. The van der Waals surface area contributed by atoms with Crippen LogP contribution in [0.3, 0.4) is 0 Å². The van der Waals surface area contributed by atoms with Crippen LogP contribution in [-0.4, -0.2) is 39.7 Å². The Kier molecular flexibility index (Phi) is 6.38. The van der Waals surface area contributed by atoms with Crippen LogP contribution in [-0.2, 0) is 9.47 Å². The molecule has 1 atom stereocenters. The van der Waals surface area contributed by atoms with Gasteiger partial charge in [0.1, 0.15) is 0 Å². The molecule has 2 nitrogen and oxygen atoms in total. The van der Waals surface area contributed by atoms with Crippen molar-refractivity contribution in [2.45, 2.75) is 53.0 Å². The molecule has 0 aromatic heterocycles. The van der Waals surface area contributed by atoms with Gasteiger partial charge in [0.2, 0.25) is 0 Å². The van der Waals surface area contributed by atoms with Gasteiger partial charge in [-0.25, -0.2) is 0 Å². The molecule has 88 valence electrons. The first kappa shape index (κ1) is 15.4. The molecule has 0 radical (unpaired) electrons.